The number of aromatic nitrogens is 1. The van der Waals surface area contributed by atoms with E-state index >= 15 is 0 Å². The van der Waals surface area contributed by atoms with E-state index in [1.807, 2.05) is 11.3 Å². The largest absolute Gasteiger partial charge is 0.379 e. The van der Waals surface area contributed by atoms with E-state index in [0.29, 0.717) is 5.92 Å². The lowest BCUT2D eigenvalue weighted by molar-refractivity contribution is 0.225. The molecule has 2 aliphatic rings. The smallest absolute Gasteiger partial charge is 0.116 e. The van der Waals surface area contributed by atoms with Gasteiger partial charge in [-0.15, -0.1) is 11.3 Å². The van der Waals surface area contributed by atoms with E-state index < -0.39 is 0 Å². The minimum Gasteiger partial charge on any atom is -0.379 e. The second kappa shape index (κ2) is 25.9. The first kappa shape index (κ1) is 51.4. The number of aryl methyl sites for hydroxylation is 2. The average Bonchev–Trinajstić information content (AvgIpc) is 3.98. The summed E-state index contributed by atoms with van der Waals surface area (Å²) < 4.78 is 0. The Morgan fingerprint density at radius 1 is 0.797 bits per heavy atom. The molecule has 64 heavy (non-hydrogen) atoms. The molecule has 0 bridgehead atoms. The quantitative estimate of drug-likeness (QED) is 0.0712. The van der Waals surface area contributed by atoms with Gasteiger partial charge in [0, 0.05) is 42.9 Å². The van der Waals surface area contributed by atoms with E-state index in [2.05, 4.69) is 131 Å². The lowest BCUT2D eigenvalue weighted by atomic mass is 9.82. The zero-order valence-electron chi connectivity index (χ0n) is 41.5. The highest BCUT2D eigenvalue weighted by Crippen LogP contribution is 2.41. The lowest BCUT2D eigenvalue weighted by Gasteiger charge is -2.41. The molecule has 1 saturated heterocycles. The van der Waals surface area contributed by atoms with Gasteiger partial charge in [-0.25, -0.2) is 4.98 Å². The van der Waals surface area contributed by atoms with Gasteiger partial charge in [0.1, 0.15) is 5.01 Å². The molecule has 6 heteroatoms. The molecule has 0 amide bonds. The molecule has 2 heterocycles. The fourth-order valence-electron chi connectivity index (χ4n) is 10.1. The molecule has 1 saturated carbocycles. The Labute approximate surface area is 396 Å². The number of hydrogen-bond acceptors (Lipinski definition) is 6. The van der Waals surface area contributed by atoms with Crippen LogP contribution in [0.3, 0.4) is 0 Å². The van der Waals surface area contributed by atoms with E-state index in [1.165, 1.54) is 153 Å². The maximum atomic E-state index is 6.06. The molecule has 2 aromatic carbocycles. The van der Waals surface area contributed by atoms with Crippen LogP contribution in [0.5, 0.6) is 0 Å². The molecule has 3 N–H and O–H groups in total. The number of unbranched alkanes of at least 4 members (excludes halogenated alkanes) is 11. The summed E-state index contributed by atoms with van der Waals surface area (Å²) in [5.41, 5.74) is 16.1. The van der Waals surface area contributed by atoms with Crippen molar-refractivity contribution in [1.82, 2.24) is 20.1 Å². The average molecular weight is 888 g/mol. The number of rotatable bonds is 28. The molecule has 5 rings (SSSR count). The van der Waals surface area contributed by atoms with Gasteiger partial charge in [-0.05, 0) is 111 Å². The van der Waals surface area contributed by atoms with Gasteiger partial charge >= 0.3 is 0 Å². The van der Waals surface area contributed by atoms with Crippen LogP contribution in [0.15, 0.2) is 98.1 Å². The molecule has 352 valence electrons. The second-order valence-corrected chi connectivity index (χ2v) is 22.1. The van der Waals surface area contributed by atoms with Crippen LogP contribution in [0.25, 0.3) is 5.57 Å². The summed E-state index contributed by atoms with van der Waals surface area (Å²) in [6.07, 6.45) is 30.2. The van der Waals surface area contributed by atoms with Crippen LogP contribution in [0.4, 0.5) is 0 Å². The van der Waals surface area contributed by atoms with Crippen LogP contribution >= 0.6 is 11.3 Å². The van der Waals surface area contributed by atoms with Crippen LogP contribution in [0.1, 0.15) is 207 Å². The number of benzene rings is 2. The highest BCUT2D eigenvalue weighted by molar-refractivity contribution is 7.12. The molecule has 0 spiro atoms. The fourth-order valence-corrected chi connectivity index (χ4v) is 11.2. The van der Waals surface area contributed by atoms with Crippen LogP contribution in [-0.2, 0) is 12.8 Å². The number of nitrogens with zero attached hydrogens (tertiary/aromatic N) is 3. The van der Waals surface area contributed by atoms with Crippen LogP contribution < -0.4 is 11.1 Å². The first-order chi connectivity index (χ1) is 30.7. The molecule has 1 aliphatic heterocycles. The maximum absolute atomic E-state index is 6.06. The number of likely N-dealkylation sites (N-methyl/N-ethyl adjacent to an activating group) is 1. The lowest BCUT2D eigenvalue weighted by Crippen LogP contribution is -2.46. The minimum absolute atomic E-state index is 0.121. The summed E-state index contributed by atoms with van der Waals surface area (Å²) in [5, 5.41) is 5.16. The first-order valence-electron chi connectivity index (χ1n) is 25.6. The van der Waals surface area contributed by atoms with Crippen molar-refractivity contribution < 1.29 is 0 Å². The first-order valence-corrected chi connectivity index (χ1v) is 26.4. The zero-order valence-corrected chi connectivity index (χ0v) is 42.3. The van der Waals surface area contributed by atoms with Gasteiger partial charge in [-0.2, -0.15) is 0 Å². The summed E-state index contributed by atoms with van der Waals surface area (Å²) in [6, 6.07) is 18.6. The summed E-state index contributed by atoms with van der Waals surface area (Å²) in [6.45, 7) is 30.7. The molecule has 1 aromatic heterocycles. The number of nitrogens with one attached hydrogen (secondary N) is 1. The monoisotopic (exact) mass is 888 g/mol. The van der Waals surface area contributed by atoms with Gasteiger partial charge < -0.3 is 20.9 Å². The Balaban J connectivity index is 1.03. The number of hydrogen-bond donors (Lipinski definition) is 2. The third kappa shape index (κ3) is 16.1. The van der Waals surface area contributed by atoms with E-state index in [4.69, 9.17) is 17.3 Å². The molecule has 3 unspecified atom stereocenters. The third-order valence-corrected chi connectivity index (χ3v) is 15.5. The zero-order chi connectivity index (χ0) is 46.1. The minimum atomic E-state index is 0.121. The second-order valence-electron chi connectivity index (χ2n) is 21.0. The number of nitrogens with two attached hydrogens (primary N) is 1. The molecular formula is C58H89N5S. The summed E-state index contributed by atoms with van der Waals surface area (Å²) in [7, 11) is 2.16. The normalized spacial score (nSPS) is 17.2. The van der Waals surface area contributed by atoms with Crippen molar-refractivity contribution in [2.75, 3.05) is 13.6 Å². The number of thiazole rings is 1. The maximum Gasteiger partial charge on any atom is 0.116 e. The van der Waals surface area contributed by atoms with Crippen molar-refractivity contribution in [3.63, 3.8) is 0 Å². The van der Waals surface area contributed by atoms with Gasteiger partial charge in [-0.3, -0.25) is 0 Å². The summed E-state index contributed by atoms with van der Waals surface area (Å²) >= 11 is 1.82. The molecule has 2 fully saturated rings. The highest BCUT2D eigenvalue weighted by atomic mass is 32.1. The van der Waals surface area contributed by atoms with Gasteiger partial charge in [0.25, 0.3) is 0 Å². The molecule has 4 atom stereocenters. The topological polar surface area (TPSA) is 57.4 Å². The third-order valence-electron chi connectivity index (χ3n) is 14.3. The predicted octanol–water partition coefficient (Wildman–Crippen LogP) is 15.7. The van der Waals surface area contributed by atoms with E-state index in [1.54, 1.807) is 0 Å². The predicted molar refractivity (Wildman–Crippen MR) is 279 cm³/mol. The van der Waals surface area contributed by atoms with Gasteiger partial charge in [0.2, 0.25) is 0 Å². The number of allylic oxidation sites excluding steroid dienone is 1. The van der Waals surface area contributed by atoms with Crippen LogP contribution in [0, 0.1) is 11.3 Å². The molecular weight excluding hydrogens is 799 g/mol. The van der Waals surface area contributed by atoms with E-state index in [9.17, 15) is 0 Å². The van der Waals surface area contributed by atoms with Crippen molar-refractivity contribution in [3.05, 3.63) is 130 Å². The molecule has 5 nitrogen and oxygen atoms in total. The molecule has 3 aromatic rings. The van der Waals surface area contributed by atoms with Crippen molar-refractivity contribution in [1.29, 1.82) is 0 Å². The van der Waals surface area contributed by atoms with E-state index in [0.717, 1.165) is 49.2 Å². The number of likely N-dealkylation sites (tertiary alicyclic amines) is 1. The van der Waals surface area contributed by atoms with Crippen LogP contribution in [0.2, 0.25) is 0 Å². The summed E-state index contributed by atoms with van der Waals surface area (Å²) in [4.78, 5) is 11.1. The van der Waals surface area contributed by atoms with Crippen molar-refractivity contribution in [2.24, 2.45) is 17.1 Å². The Morgan fingerprint density at radius 3 is 1.97 bits per heavy atom. The Hall–Kier alpha value is -3.61. The summed E-state index contributed by atoms with van der Waals surface area (Å²) in [5.74, 6) is 0.552. The Morgan fingerprint density at radius 2 is 1.38 bits per heavy atom. The van der Waals surface area contributed by atoms with Crippen molar-refractivity contribution in [3.8, 4) is 0 Å². The van der Waals surface area contributed by atoms with Crippen molar-refractivity contribution in [2.45, 2.75) is 200 Å². The van der Waals surface area contributed by atoms with Gasteiger partial charge in [0.15, 0.2) is 0 Å². The fraction of sp³-hybridized carbons (Fsp3) is 0.603. The highest BCUT2D eigenvalue weighted by Gasteiger charge is 2.36. The van der Waals surface area contributed by atoms with E-state index in [-0.39, 0.29) is 29.6 Å². The molecule has 1 aliphatic carbocycles. The standard InChI is InChI=1S/C58H89N5S/c1-43(41-58(7,8)9)62(10)47(5)46(4)61-56(51-33-24-21-25-34-51)48(6)63-38-28-37-54(63)57-60-42-55(64-57)44(2)52-35-26-31-49(39-52)29-22-19-17-15-13-11-12-14-16-18-20-23-30-50-32-27-36-53(40-50)45(3)59/h26-27,31-32,35-36,39-40,42,45,47,51,54,56,61H,1-2,4,6,11-25,28-30,33-34,37-38,41,59H2,3,5,7-10H3/t45?,47?,54?,56-/m1/s1. The van der Waals surface area contributed by atoms with Crippen LogP contribution in [-0.4, -0.2) is 40.5 Å². The van der Waals surface area contributed by atoms with Gasteiger partial charge in [-0.1, -0.05) is 179 Å². The Kier molecular flexibility index (Phi) is 20.8. The SMILES string of the molecule is C=C(c1cccc(CCCCCCCCCCCCCCc2cccc(C(C)N)c2)c1)c1cnc(C2CCCN2C(=C)[C@@H](NC(=C)C(C)N(C)C(=C)CC(C)(C)C)C2CCCCC2)s1. The van der Waals surface area contributed by atoms with Crippen molar-refractivity contribution >= 4 is 16.9 Å². The van der Waals surface area contributed by atoms with Gasteiger partial charge in [0.05, 0.1) is 23.0 Å². The molecule has 0 radical (unpaired) electrons. The Bertz CT molecular complexity index is 1910.